The summed E-state index contributed by atoms with van der Waals surface area (Å²) in [6.45, 7) is 0.480. The maximum Gasteiger partial charge on any atom is 0.333 e. The number of methoxy groups -OCH3 is 1. The minimum atomic E-state index is -0.718. The van der Waals surface area contributed by atoms with Crippen LogP contribution < -0.4 is 4.74 Å². The van der Waals surface area contributed by atoms with Crippen LogP contribution in [0.5, 0.6) is 11.5 Å². The van der Waals surface area contributed by atoms with Gasteiger partial charge < -0.3 is 14.4 Å². The Hall–Kier alpha value is -3.12. The molecule has 0 bridgehead atoms. The standard InChI is InChI=1S/C23H19NO4S/c1-27-23(26)21-16-11-13-29-19(16)10-12-24(21)22(25)20-14-6-2-4-8-17(14)28-18-9-5-3-7-15(18)20/h2-9,11,13,20-21H,10,12H2,1H3. The van der Waals surface area contributed by atoms with Crippen molar-refractivity contribution < 1.29 is 19.1 Å². The van der Waals surface area contributed by atoms with Crippen LogP contribution in [0, 0.1) is 0 Å². The smallest absolute Gasteiger partial charge is 0.333 e. The van der Waals surface area contributed by atoms with Crippen molar-refractivity contribution >= 4 is 23.2 Å². The van der Waals surface area contributed by atoms with E-state index in [1.165, 1.54) is 7.11 Å². The summed E-state index contributed by atoms with van der Waals surface area (Å²) in [7, 11) is 1.37. The Morgan fingerprint density at radius 2 is 1.66 bits per heavy atom. The molecule has 2 aromatic carbocycles. The van der Waals surface area contributed by atoms with E-state index in [-0.39, 0.29) is 5.91 Å². The molecule has 29 heavy (non-hydrogen) atoms. The number of fused-ring (bicyclic) bond motifs is 3. The molecule has 0 aliphatic carbocycles. The fourth-order valence-electron chi connectivity index (χ4n) is 4.26. The number of benzene rings is 2. The number of amides is 1. The van der Waals surface area contributed by atoms with Gasteiger partial charge in [-0.25, -0.2) is 4.79 Å². The zero-order chi connectivity index (χ0) is 20.0. The van der Waals surface area contributed by atoms with Gasteiger partial charge in [-0.3, -0.25) is 4.79 Å². The van der Waals surface area contributed by atoms with Crippen molar-refractivity contribution in [1.29, 1.82) is 0 Å². The van der Waals surface area contributed by atoms with E-state index in [0.717, 1.165) is 28.0 Å². The lowest BCUT2D eigenvalue weighted by molar-refractivity contribution is -0.154. The van der Waals surface area contributed by atoms with E-state index in [9.17, 15) is 9.59 Å². The van der Waals surface area contributed by atoms with Gasteiger partial charge in [0.1, 0.15) is 11.5 Å². The zero-order valence-electron chi connectivity index (χ0n) is 15.8. The molecule has 2 aliphatic heterocycles. The molecular weight excluding hydrogens is 386 g/mol. The minimum absolute atomic E-state index is 0.111. The Kier molecular flexibility index (Phi) is 4.36. The van der Waals surface area contributed by atoms with Crippen LogP contribution in [-0.4, -0.2) is 30.4 Å². The number of esters is 1. The van der Waals surface area contributed by atoms with Crippen molar-refractivity contribution in [2.24, 2.45) is 0 Å². The summed E-state index contributed by atoms with van der Waals surface area (Å²) in [6, 6.07) is 16.4. The predicted octanol–water partition coefficient (Wildman–Crippen LogP) is 4.28. The number of nitrogens with zero attached hydrogens (tertiary/aromatic N) is 1. The second kappa shape index (κ2) is 7.04. The fourth-order valence-corrected chi connectivity index (χ4v) is 5.17. The summed E-state index contributed by atoms with van der Waals surface area (Å²) in [6.07, 6.45) is 0.735. The third-order valence-corrected chi connectivity index (χ3v) is 6.60. The first kappa shape index (κ1) is 17.9. The van der Waals surface area contributed by atoms with Gasteiger partial charge in [0.25, 0.3) is 0 Å². The summed E-state index contributed by atoms with van der Waals surface area (Å²) < 4.78 is 11.1. The fraction of sp³-hybridized carbons (Fsp3) is 0.217. The number of rotatable bonds is 2. The first-order chi connectivity index (χ1) is 14.2. The number of hydrogen-bond acceptors (Lipinski definition) is 5. The third kappa shape index (κ3) is 2.83. The van der Waals surface area contributed by atoms with Crippen molar-refractivity contribution in [2.45, 2.75) is 18.4 Å². The van der Waals surface area contributed by atoms with E-state index < -0.39 is 17.9 Å². The molecule has 1 amide bonds. The second-order valence-electron chi connectivity index (χ2n) is 7.12. The Bertz CT molecular complexity index is 1060. The molecule has 0 saturated carbocycles. The van der Waals surface area contributed by atoms with Crippen LogP contribution in [0.25, 0.3) is 0 Å². The van der Waals surface area contributed by atoms with Crippen LogP contribution in [0.15, 0.2) is 60.0 Å². The maximum absolute atomic E-state index is 13.9. The van der Waals surface area contributed by atoms with E-state index in [0.29, 0.717) is 18.0 Å². The van der Waals surface area contributed by atoms with Crippen molar-refractivity contribution in [1.82, 2.24) is 4.90 Å². The van der Waals surface area contributed by atoms with Crippen LogP contribution in [-0.2, 0) is 20.7 Å². The Morgan fingerprint density at radius 1 is 1.00 bits per heavy atom. The summed E-state index contributed by atoms with van der Waals surface area (Å²) in [5.41, 5.74) is 2.50. The number of hydrogen-bond donors (Lipinski definition) is 0. The second-order valence-corrected chi connectivity index (χ2v) is 8.12. The van der Waals surface area contributed by atoms with E-state index in [4.69, 9.17) is 9.47 Å². The molecule has 6 heteroatoms. The lowest BCUT2D eigenvalue weighted by atomic mass is 9.85. The highest BCUT2D eigenvalue weighted by Crippen LogP contribution is 2.46. The Balaban J connectivity index is 1.61. The number of para-hydroxylation sites is 2. The van der Waals surface area contributed by atoms with Crippen molar-refractivity contribution in [2.75, 3.05) is 13.7 Å². The van der Waals surface area contributed by atoms with Crippen LogP contribution in [0.1, 0.15) is 33.5 Å². The van der Waals surface area contributed by atoms with Gasteiger partial charge in [0, 0.05) is 22.5 Å². The molecule has 0 radical (unpaired) electrons. The normalized spacial score (nSPS) is 17.6. The molecule has 1 unspecified atom stereocenters. The summed E-state index contributed by atoms with van der Waals surface area (Å²) in [4.78, 5) is 29.4. The molecule has 2 aliphatic rings. The number of ether oxygens (including phenoxy) is 2. The minimum Gasteiger partial charge on any atom is -0.467 e. The van der Waals surface area contributed by atoms with Crippen LogP contribution in [0.3, 0.4) is 0 Å². The number of carbonyl (C=O) groups excluding carboxylic acids is 2. The lowest BCUT2D eigenvalue weighted by Gasteiger charge is -2.38. The molecular formula is C23H19NO4S. The highest BCUT2D eigenvalue weighted by atomic mass is 32.1. The van der Waals surface area contributed by atoms with E-state index in [1.807, 2.05) is 60.0 Å². The molecule has 5 rings (SSSR count). The van der Waals surface area contributed by atoms with Gasteiger partial charge in [-0.15, -0.1) is 11.3 Å². The average molecular weight is 405 g/mol. The maximum atomic E-state index is 13.9. The summed E-state index contributed by atoms with van der Waals surface area (Å²) >= 11 is 1.62. The number of carbonyl (C=O) groups is 2. The Morgan fingerprint density at radius 3 is 2.31 bits per heavy atom. The van der Waals surface area contributed by atoms with Gasteiger partial charge in [-0.2, -0.15) is 0 Å². The molecule has 1 atom stereocenters. The predicted molar refractivity (Wildman–Crippen MR) is 109 cm³/mol. The van der Waals surface area contributed by atoms with Crippen LogP contribution in [0.4, 0.5) is 0 Å². The molecule has 3 heterocycles. The molecule has 146 valence electrons. The van der Waals surface area contributed by atoms with Crippen molar-refractivity contribution in [3.05, 3.63) is 81.5 Å². The largest absolute Gasteiger partial charge is 0.467 e. The molecule has 0 saturated heterocycles. The van der Waals surface area contributed by atoms with Gasteiger partial charge in [0.05, 0.1) is 13.0 Å². The third-order valence-electron chi connectivity index (χ3n) is 5.60. The van der Waals surface area contributed by atoms with Gasteiger partial charge >= 0.3 is 5.97 Å². The molecule has 5 nitrogen and oxygen atoms in total. The van der Waals surface area contributed by atoms with Gasteiger partial charge in [-0.05, 0) is 35.6 Å². The molecule has 3 aromatic rings. The highest BCUT2D eigenvalue weighted by Gasteiger charge is 2.42. The first-order valence-electron chi connectivity index (χ1n) is 9.49. The zero-order valence-corrected chi connectivity index (χ0v) is 16.6. The molecule has 0 spiro atoms. The average Bonchev–Trinajstić information content (AvgIpc) is 3.24. The van der Waals surface area contributed by atoms with Crippen LogP contribution >= 0.6 is 11.3 Å². The van der Waals surface area contributed by atoms with Gasteiger partial charge in [-0.1, -0.05) is 36.4 Å². The topological polar surface area (TPSA) is 55.8 Å². The summed E-state index contributed by atoms with van der Waals surface area (Å²) in [5.74, 6) is 0.301. The van der Waals surface area contributed by atoms with Gasteiger partial charge in [0.15, 0.2) is 6.04 Å². The molecule has 0 fully saturated rings. The lowest BCUT2D eigenvalue weighted by Crippen LogP contribution is -2.46. The Labute approximate surface area is 172 Å². The molecule has 1 aromatic heterocycles. The first-order valence-corrected chi connectivity index (χ1v) is 10.4. The highest BCUT2D eigenvalue weighted by molar-refractivity contribution is 7.10. The van der Waals surface area contributed by atoms with Gasteiger partial charge in [0.2, 0.25) is 5.91 Å². The van der Waals surface area contributed by atoms with E-state index in [1.54, 1.807) is 16.2 Å². The van der Waals surface area contributed by atoms with Crippen molar-refractivity contribution in [3.63, 3.8) is 0 Å². The van der Waals surface area contributed by atoms with E-state index >= 15 is 0 Å². The molecule has 0 N–H and O–H groups in total. The summed E-state index contributed by atoms with van der Waals surface area (Å²) in [5, 5.41) is 1.97. The quantitative estimate of drug-likeness (QED) is 0.597. The van der Waals surface area contributed by atoms with E-state index in [2.05, 4.69) is 0 Å². The SMILES string of the molecule is COC(=O)C1c2ccsc2CCN1C(=O)C1c2ccccc2Oc2ccccc21. The monoisotopic (exact) mass is 405 g/mol. The van der Waals surface area contributed by atoms with Crippen molar-refractivity contribution in [3.8, 4) is 11.5 Å². The number of thiophene rings is 1. The van der Waals surface area contributed by atoms with Crippen LogP contribution in [0.2, 0.25) is 0 Å².